The Bertz CT molecular complexity index is 788. The second kappa shape index (κ2) is 5.37. The van der Waals surface area contributed by atoms with Crippen molar-refractivity contribution in [2.75, 3.05) is 13.2 Å². The first-order valence-electron chi connectivity index (χ1n) is 8.28. The third kappa shape index (κ3) is 2.58. The molecule has 1 aromatic rings. The smallest absolute Gasteiger partial charge is 0.178 e. The molecule has 2 aliphatic rings. The minimum Gasteiger partial charge on any atom is -0.486 e. The first-order chi connectivity index (χ1) is 11.1. The highest BCUT2D eigenvalue weighted by molar-refractivity contribution is 6.09. The van der Waals surface area contributed by atoms with E-state index in [0.29, 0.717) is 25.4 Å². The molecular weight excluding hydrogens is 302 g/mol. The number of ketones is 1. The van der Waals surface area contributed by atoms with Crippen molar-refractivity contribution in [2.24, 2.45) is 5.41 Å². The molecule has 3 rings (SSSR count). The van der Waals surface area contributed by atoms with Gasteiger partial charge in [-0.2, -0.15) is 5.26 Å². The Morgan fingerprint density at radius 1 is 1.17 bits per heavy atom. The Hall–Kier alpha value is -2.28. The summed E-state index contributed by atoms with van der Waals surface area (Å²) in [7, 11) is 0. The average Bonchev–Trinajstić information content (AvgIpc) is 2.76. The van der Waals surface area contributed by atoms with Gasteiger partial charge in [-0.3, -0.25) is 4.79 Å². The molecule has 0 saturated heterocycles. The van der Waals surface area contributed by atoms with E-state index in [4.69, 9.17) is 9.47 Å². The Morgan fingerprint density at radius 2 is 1.75 bits per heavy atom. The summed E-state index contributed by atoms with van der Waals surface area (Å²) in [4.78, 5) is 12.8. The normalized spacial score (nSPS) is 20.2. The average molecular weight is 325 g/mol. The molecule has 0 aromatic heterocycles. The molecule has 126 valence electrons. The van der Waals surface area contributed by atoms with Gasteiger partial charge in [0.2, 0.25) is 0 Å². The monoisotopic (exact) mass is 325 g/mol. The van der Waals surface area contributed by atoms with Gasteiger partial charge in [-0.1, -0.05) is 34.6 Å². The lowest BCUT2D eigenvalue weighted by atomic mass is 9.83. The molecule has 0 radical (unpaired) electrons. The highest BCUT2D eigenvalue weighted by atomic mass is 16.6. The van der Waals surface area contributed by atoms with E-state index < -0.39 is 5.41 Å². The van der Waals surface area contributed by atoms with Crippen LogP contribution in [0.15, 0.2) is 17.7 Å². The van der Waals surface area contributed by atoms with Crippen molar-refractivity contribution in [3.63, 3.8) is 0 Å². The van der Waals surface area contributed by atoms with Crippen LogP contribution in [-0.2, 0) is 10.2 Å². The molecule has 0 spiro atoms. The molecule has 1 aliphatic heterocycles. The maximum Gasteiger partial charge on any atom is 0.178 e. The van der Waals surface area contributed by atoms with Gasteiger partial charge >= 0.3 is 0 Å². The number of carbonyl (C=O) groups excluding carboxylic acids is 1. The van der Waals surface area contributed by atoms with Crippen molar-refractivity contribution in [3.8, 4) is 17.6 Å². The molecule has 0 fully saturated rings. The number of nitriles is 1. The maximum atomic E-state index is 12.8. The minimum absolute atomic E-state index is 0.112. The molecule has 0 N–H and O–H groups in total. The topological polar surface area (TPSA) is 59.3 Å². The van der Waals surface area contributed by atoms with E-state index in [1.54, 1.807) is 0 Å². The van der Waals surface area contributed by atoms with E-state index in [1.807, 2.05) is 32.9 Å². The second-order valence-corrected chi connectivity index (χ2v) is 8.15. The summed E-state index contributed by atoms with van der Waals surface area (Å²) in [5.41, 5.74) is 2.41. The number of benzene rings is 1. The Morgan fingerprint density at radius 3 is 2.29 bits per heavy atom. The molecule has 0 amide bonds. The van der Waals surface area contributed by atoms with Gasteiger partial charge in [0.25, 0.3) is 0 Å². The highest BCUT2D eigenvalue weighted by Gasteiger charge is 2.39. The zero-order valence-corrected chi connectivity index (χ0v) is 14.9. The number of carbonyl (C=O) groups is 1. The van der Waals surface area contributed by atoms with Crippen molar-refractivity contribution in [3.05, 3.63) is 28.8 Å². The van der Waals surface area contributed by atoms with Gasteiger partial charge < -0.3 is 9.47 Å². The van der Waals surface area contributed by atoms with Crippen LogP contribution < -0.4 is 9.47 Å². The van der Waals surface area contributed by atoms with E-state index >= 15 is 0 Å². The van der Waals surface area contributed by atoms with E-state index in [1.165, 1.54) is 0 Å². The zero-order valence-electron chi connectivity index (χ0n) is 14.9. The van der Waals surface area contributed by atoms with Crippen LogP contribution in [0.3, 0.4) is 0 Å². The summed E-state index contributed by atoms with van der Waals surface area (Å²) in [6, 6.07) is 6.11. The summed E-state index contributed by atoms with van der Waals surface area (Å²) >= 11 is 0. The number of ether oxygens (including phenoxy) is 2. The van der Waals surface area contributed by atoms with Gasteiger partial charge in [-0.25, -0.2) is 0 Å². The lowest BCUT2D eigenvalue weighted by molar-refractivity contribution is -0.122. The van der Waals surface area contributed by atoms with Gasteiger partial charge in [0.1, 0.15) is 19.3 Å². The van der Waals surface area contributed by atoms with Crippen LogP contribution in [0.2, 0.25) is 0 Å². The van der Waals surface area contributed by atoms with Gasteiger partial charge in [-0.15, -0.1) is 0 Å². The van der Waals surface area contributed by atoms with Crippen LogP contribution in [0.25, 0.3) is 5.57 Å². The van der Waals surface area contributed by atoms with Gasteiger partial charge in [0.05, 0.1) is 5.57 Å². The van der Waals surface area contributed by atoms with Gasteiger partial charge in [-0.05, 0) is 40.7 Å². The fraction of sp³-hybridized carbons (Fsp3) is 0.500. The number of Topliss-reactive ketones (excluding diaryl/α,β-unsaturated/α-hetero) is 1. The van der Waals surface area contributed by atoms with Crippen molar-refractivity contribution < 1.29 is 14.3 Å². The lowest BCUT2D eigenvalue weighted by Gasteiger charge is -2.23. The number of fused-ring (bicyclic) bond motifs is 2. The number of allylic oxidation sites excluding steroid dienone is 2. The maximum absolute atomic E-state index is 12.8. The SMILES string of the molecule is CC(C)(C)C(=O)C(C#N)=C1CC(C)(C)c2cc3c(cc21)OCCO3. The minimum atomic E-state index is -0.585. The van der Waals surface area contributed by atoms with E-state index in [2.05, 4.69) is 19.9 Å². The third-order valence-corrected chi connectivity index (χ3v) is 4.68. The van der Waals surface area contributed by atoms with Crippen LogP contribution in [0.4, 0.5) is 0 Å². The molecular formula is C20H23NO3. The first-order valence-corrected chi connectivity index (χ1v) is 8.28. The Balaban J connectivity index is 2.23. The highest BCUT2D eigenvalue weighted by Crippen LogP contribution is 2.51. The number of hydrogen-bond donors (Lipinski definition) is 0. The van der Waals surface area contributed by atoms with E-state index in [0.717, 1.165) is 22.4 Å². The summed E-state index contributed by atoms with van der Waals surface area (Å²) in [6.45, 7) is 10.9. The van der Waals surface area contributed by atoms with E-state index in [9.17, 15) is 10.1 Å². The number of nitrogens with zero attached hydrogens (tertiary/aromatic N) is 1. The van der Waals surface area contributed by atoms with Crippen LogP contribution in [0.5, 0.6) is 11.5 Å². The van der Waals surface area contributed by atoms with Crippen molar-refractivity contribution in [1.82, 2.24) is 0 Å². The van der Waals surface area contributed by atoms with Crippen LogP contribution >= 0.6 is 0 Å². The molecule has 0 unspecified atom stereocenters. The fourth-order valence-corrected chi connectivity index (χ4v) is 3.38. The fourth-order valence-electron chi connectivity index (χ4n) is 3.38. The molecule has 4 heteroatoms. The van der Waals surface area contributed by atoms with Crippen LogP contribution in [0, 0.1) is 16.7 Å². The quantitative estimate of drug-likeness (QED) is 0.578. The summed E-state index contributed by atoms with van der Waals surface area (Å²) in [5, 5.41) is 9.67. The van der Waals surface area contributed by atoms with Crippen molar-refractivity contribution in [1.29, 1.82) is 5.26 Å². The molecule has 1 heterocycles. The Kier molecular flexibility index (Phi) is 3.71. The standard InChI is InChI=1S/C20H23NO3/c1-19(2,3)18(22)14(11-21)13-10-20(4,5)15-9-17-16(8-12(13)15)23-6-7-24-17/h8-9H,6-7,10H2,1-5H3. The summed E-state index contributed by atoms with van der Waals surface area (Å²) in [5.74, 6) is 1.32. The van der Waals surface area contributed by atoms with Crippen LogP contribution in [-0.4, -0.2) is 19.0 Å². The summed E-state index contributed by atoms with van der Waals surface area (Å²) in [6.07, 6.45) is 0.663. The molecule has 0 saturated carbocycles. The number of hydrogen-bond acceptors (Lipinski definition) is 4. The number of rotatable bonds is 1. The van der Waals surface area contributed by atoms with Gasteiger partial charge in [0.15, 0.2) is 17.3 Å². The first kappa shape index (κ1) is 16.6. The lowest BCUT2D eigenvalue weighted by Crippen LogP contribution is -2.22. The van der Waals surface area contributed by atoms with Gasteiger partial charge in [0, 0.05) is 5.41 Å². The third-order valence-electron chi connectivity index (χ3n) is 4.68. The molecule has 1 aliphatic carbocycles. The predicted octanol–water partition coefficient (Wildman–Crippen LogP) is 4.03. The molecule has 1 aromatic carbocycles. The molecule has 4 nitrogen and oxygen atoms in total. The zero-order chi connectivity index (χ0) is 17.7. The Labute approximate surface area is 143 Å². The molecule has 0 atom stereocenters. The predicted molar refractivity (Wildman–Crippen MR) is 92.1 cm³/mol. The van der Waals surface area contributed by atoms with Crippen molar-refractivity contribution in [2.45, 2.75) is 46.5 Å². The molecule has 24 heavy (non-hydrogen) atoms. The summed E-state index contributed by atoms with van der Waals surface area (Å²) < 4.78 is 11.4. The van der Waals surface area contributed by atoms with Crippen LogP contribution in [0.1, 0.15) is 52.2 Å². The van der Waals surface area contributed by atoms with E-state index in [-0.39, 0.29) is 16.8 Å². The molecule has 0 bridgehead atoms. The largest absolute Gasteiger partial charge is 0.486 e. The second-order valence-electron chi connectivity index (χ2n) is 8.15. The van der Waals surface area contributed by atoms with Crippen molar-refractivity contribution >= 4 is 11.4 Å².